The van der Waals surface area contributed by atoms with Gasteiger partial charge in [-0.25, -0.2) is 4.98 Å². The highest BCUT2D eigenvalue weighted by atomic mass is 32.1. The van der Waals surface area contributed by atoms with E-state index in [1.165, 1.54) is 11.3 Å². The maximum Gasteiger partial charge on any atom is 0.312 e. The largest absolute Gasteiger partial charge is 0.455 e. The van der Waals surface area contributed by atoms with Crippen LogP contribution >= 0.6 is 11.3 Å². The van der Waals surface area contributed by atoms with Crippen LogP contribution in [0.4, 0.5) is 0 Å². The fourth-order valence-electron chi connectivity index (χ4n) is 2.33. The number of hydrogen-bond acceptors (Lipinski definition) is 6. The second-order valence-electron chi connectivity index (χ2n) is 5.86. The normalized spacial score (nSPS) is 13.7. The van der Waals surface area contributed by atoms with Crippen molar-refractivity contribution >= 4 is 17.3 Å². The maximum atomic E-state index is 12.3. The number of carbonyl (C=O) groups excluding carboxylic acids is 1. The van der Waals surface area contributed by atoms with Crippen molar-refractivity contribution in [1.29, 1.82) is 0 Å². The minimum atomic E-state index is -0.348. The molecule has 0 bridgehead atoms. The highest BCUT2D eigenvalue weighted by Crippen LogP contribution is 2.25. The minimum absolute atomic E-state index is 0.0540. The van der Waals surface area contributed by atoms with Gasteiger partial charge in [0.05, 0.1) is 17.8 Å². The Bertz CT molecular complexity index is 643. The first-order valence-electron chi connectivity index (χ1n) is 8.17. The summed E-state index contributed by atoms with van der Waals surface area (Å²) >= 11 is 1.50. The van der Waals surface area contributed by atoms with Gasteiger partial charge in [0.15, 0.2) is 0 Å². The van der Waals surface area contributed by atoms with Gasteiger partial charge in [-0.1, -0.05) is 19.9 Å². The molecule has 2 aromatic rings. The first-order chi connectivity index (χ1) is 11.5. The van der Waals surface area contributed by atoms with Gasteiger partial charge in [0.1, 0.15) is 17.2 Å². The Morgan fingerprint density at radius 3 is 2.71 bits per heavy atom. The van der Waals surface area contributed by atoms with Gasteiger partial charge in [-0.2, -0.15) is 0 Å². The Kier molecular flexibility index (Phi) is 6.87. The number of aromatic nitrogens is 2. The molecule has 130 valence electrons. The van der Waals surface area contributed by atoms with E-state index >= 15 is 0 Å². The van der Waals surface area contributed by atoms with Crippen molar-refractivity contribution in [3.63, 3.8) is 0 Å². The zero-order valence-electron chi connectivity index (χ0n) is 14.6. The molecule has 0 saturated heterocycles. The van der Waals surface area contributed by atoms with Crippen molar-refractivity contribution < 1.29 is 14.3 Å². The lowest BCUT2D eigenvalue weighted by atomic mass is 10.0. The van der Waals surface area contributed by atoms with E-state index in [-0.39, 0.29) is 30.5 Å². The summed E-state index contributed by atoms with van der Waals surface area (Å²) in [5.74, 6) is -0.145. The summed E-state index contributed by atoms with van der Waals surface area (Å²) in [6, 6.07) is 5.62. The Morgan fingerprint density at radius 2 is 2.08 bits per heavy atom. The summed E-state index contributed by atoms with van der Waals surface area (Å²) in [4.78, 5) is 21.1. The molecule has 0 fully saturated rings. The van der Waals surface area contributed by atoms with Crippen LogP contribution in [-0.4, -0.2) is 22.5 Å². The molecule has 2 aromatic heterocycles. The maximum absolute atomic E-state index is 12.3. The molecule has 0 unspecified atom stereocenters. The number of thiazole rings is 1. The van der Waals surface area contributed by atoms with Crippen LogP contribution in [0.3, 0.4) is 0 Å². The molecule has 2 atom stereocenters. The monoisotopic (exact) mass is 348 g/mol. The van der Waals surface area contributed by atoms with Crippen molar-refractivity contribution in [3.8, 4) is 0 Å². The molecule has 2 rings (SSSR count). The Hall–Kier alpha value is -1.79. The van der Waals surface area contributed by atoms with Crippen molar-refractivity contribution in [2.45, 2.75) is 46.3 Å². The van der Waals surface area contributed by atoms with E-state index in [2.05, 4.69) is 9.97 Å². The van der Waals surface area contributed by atoms with E-state index in [4.69, 9.17) is 9.47 Å². The Balaban J connectivity index is 1.99. The second-order valence-corrected chi connectivity index (χ2v) is 6.75. The predicted octanol–water partition coefficient (Wildman–Crippen LogP) is 4.12. The number of nitrogens with zero attached hydrogens (tertiary/aromatic N) is 2. The molecule has 0 aromatic carbocycles. The third-order valence-electron chi connectivity index (χ3n) is 3.50. The van der Waals surface area contributed by atoms with E-state index in [0.29, 0.717) is 6.61 Å². The van der Waals surface area contributed by atoms with E-state index in [1.54, 1.807) is 6.20 Å². The molecule has 0 N–H and O–H groups in total. The standard InChI is InChI=1S/C18H24N2O3S/c1-5-22-13(4)18-20-14(11-24-18)10-16(21)23-17(12(2)3)15-8-6-7-9-19-15/h6-9,11-13,17H,5,10H2,1-4H3/t13-,17+/m0/s1. The van der Waals surface area contributed by atoms with Gasteiger partial charge >= 0.3 is 5.97 Å². The molecule has 6 heteroatoms. The first-order valence-corrected chi connectivity index (χ1v) is 9.05. The summed E-state index contributed by atoms with van der Waals surface area (Å²) in [6.45, 7) is 8.57. The summed E-state index contributed by atoms with van der Waals surface area (Å²) in [5.41, 5.74) is 1.49. The third-order valence-corrected chi connectivity index (χ3v) is 4.56. The molecule has 24 heavy (non-hydrogen) atoms. The van der Waals surface area contributed by atoms with Gasteiger partial charge in [-0.15, -0.1) is 11.3 Å². The van der Waals surface area contributed by atoms with E-state index in [9.17, 15) is 4.79 Å². The van der Waals surface area contributed by atoms with Crippen LogP contribution in [0.15, 0.2) is 29.8 Å². The minimum Gasteiger partial charge on any atom is -0.455 e. The predicted molar refractivity (Wildman–Crippen MR) is 93.8 cm³/mol. The lowest BCUT2D eigenvalue weighted by Gasteiger charge is -2.20. The molecule has 5 nitrogen and oxygen atoms in total. The summed E-state index contributed by atoms with van der Waals surface area (Å²) < 4.78 is 11.2. The van der Waals surface area contributed by atoms with Gasteiger partial charge in [-0.05, 0) is 31.9 Å². The van der Waals surface area contributed by atoms with Crippen LogP contribution in [0.1, 0.15) is 56.3 Å². The molecule has 0 radical (unpaired) electrons. The number of hydrogen-bond donors (Lipinski definition) is 0. The highest BCUT2D eigenvalue weighted by molar-refractivity contribution is 7.09. The van der Waals surface area contributed by atoms with Gasteiger partial charge in [-0.3, -0.25) is 9.78 Å². The zero-order valence-corrected chi connectivity index (χ0v) is 15.4. The van der Waals surface area contributed by atoms with Crippen LogP contribution in [0.5, 0.6) is 0 Å². The fourth-order valence-corrected chi connectivity index (χ4v) is 3.15. The SMILES string of the molecule is CCO[C@@H](C)c1nc(CC(=O)O[C@@H](c2ccccn2)C(C)C)cs1. The van der Waals surface area contributed by atoms with Crippen molar-refractivity contribution in [3.05, 3.63) is 46.2 Å². The van der Waals surface area contributed by atoms with Crippen molar-refractivity contribution in [2.75, 3.05) is 6.61 Å². The molecule has 0 aliphatic heterocycles. The quantitative estimate of drug-likeness (QED) is 0.672. The number of rotatable bonds is 8. The number of esters is 1. The Morgan fingerprint density at radius 1 is 1.29 bits per heavy atom. The highest BCUT2D eigenvalue weighted by Gasteiger charge is 2.22. The summed E-state index contributed by atoms with van der Waals surface area (Å²) in [7, 11) is 0. The Labute approximate surface area is 147 Å². The first kappa shape index (κ1) is 18.5. The van der Waals surface area contributed by atoms with Gasteiger partial charge in [0.2, 0.25) is 0 Å². The van der Waals surface area contributed by atoms with Crippen LogP contribution < -0.4 is 0 Å². The van der Waals surface area contributed by atoms with Crippen LogP contribution in [0.2, 0.25) is 0 Å². The topological polar surface area (TPSA) is 61.3 Å². The average molecular weight is 348 g/mol. The molecule has 0 aliphatic rings. The smallest absolute Gasteiger partial charge is 0.312 e. The fraction of sp³-hybridized carbons (Fsp3) is 0.500. The molecular weight excluding hydrogens is 324 g/mol. The second kappa shape index (κ2) is 8.89. The summed E-state index contributed by atoms with van der Waals surface area (Å²) in [5, 5.41) is 2.77. The molecule has 0 saturated carbocycles. The number of carbonyl (C=O) groups is 1. The van der Waals surface area contributed by atoms with Crippen molar-refractivity contribution in [2.24, 2.45) is 5.92 Å². The van der Waals surface area contributed by atoms with E-state index < -0.39 is 0 Å². The van der Waals surface area contributed by atoms with Gasteiger partial charge in [0.25, 0.3) is 0 Å². The van der Waals surface area contributed by atoms with Crippen LogP contribution in [0.25, 0.3) is 0 Å². The molecule has 0 spiro atoms. The molecular formula is C18H24N2O3S. The average Bonchev–Trinajstić information content (AvgIpc) is 3.02. The van der Waals surface area contributed by atoms with Crippen LogP contribution in [-0.2, 0) is 20.7 Å². The van der Waals surface area contributed by atoms with E-state index in [1.807, 2.05) is 51.3 Å². The van der Waals surface area contributed by atoms with Gasteiger partial charge < -0.3 is 9.47 Å². The van der Waals surface area contributed by atoms with E-state index in [0.717, 1.165) is 16.4 Å². The third kappa shape index (κ3) is 5.11. The number of ether oxygens (including phenoxy) is 2. The lowest BCUT2D eigenvalue weighted by molar-refractivity contribution is -0.151. The van der Waals surface area contributed by atoms with Crippen molar-refractivity contribution in [1.82, 2.24) is 9.97 Å². The van der Waals surface area contributed by atoms with Crippen LogP contribution in [0, 0.1) is 5.92 Å². The molecule has 0 aliphatic carbocycles. The summed E-state index contributed by atoms with van der Waals surface area (Å²) in [6.07, 6.45) is 1.46. The molecule has 2 heterocycles. The zero-order chi connectivity index (χ0) is 17.5. The molecule has 0 amide bonds. The number of pyridine rings is 1. The lowest BCUT2D eigenvalue weighted by Crippen LogP contribution is -2.18. The van der Waals surface area contributed by atoms with Gasteiger partial charge in [0, 0.05) is 18.2 Å².